The fourth-order valence-corrected chi connectivity index (χ4v) is 2.16. The van der Waals surface area contributed by atoms with Crippen molar-refractivity contribution in [3.63, 3.8) is 0 Å². The summed E-state index contributed by atoms with van der Waals surface area (Å²) >= 11 is 0. The van der Waals surface area contributed by atoms with E-state index in [-0.39, 0.29) is 18.1 Å². The molecule has 1 N–H and O–H groups in total. The van der Waals surface area contributed by atoms with Gasteiger partial charge in [0.05, 0.1) is 19.9 Å². The maximum Gasteiger partial charge on any atom is 0.322 e. The maximum absolute atomic E-state index is 12.4. The van der Waals surface area contributed by atoms with Gasteiger partial charge in [0.1, 0.15) is 11.5 Å². The van der Waals surface area contributed by atoms with Gasteiger partial charge >= 0.3 is 6.03 Å². The lowest BCUT2D eigenvalue weighted by molar-refractivity contribution is 0.178. The number of hydrogen-bond acceptors (Lipinski definition) is 3. The Labute approximate surface area is 120 Å². The number of carbonyl (C=O) groups excluding carboxylic acids is 1. The molecule has 0 saturated heterocycles. The molecule has 0 radical (unpaired) electrons. The molecule has 1 aromatic rings. The van der Waals surface area contributed by atoms with Gasteiger partial charge in [-0.15, -0.1) is 0 Å². The van der Waals surface area contributed by atoms with Crippen LogP contribution in [0.15, 0.2) is 18.2 Å². The molecule has 0 spiro atoms. The van der Waals surface area contributed by atoms with Gasteiger partial charge < -0.3 is 19.7 Å². The fraction of sp³-hybridized carbons (Fsp3) is 0.533. The molecule has 0 fully saturated rings. The number of nitrogens with zero attached hydrogens (tertiary/aromatic N) is 1. The summed E-state index contributed by atoms with van der Waals surface area (Å²) in [5.41, 5.74) is 0.600. The highest BCUT2D eigenvalue weighted by molar-refractivity contribution is 5.91. The lowest BCUT2D eigenvalue weighted by Crippen LogP contribution is -2.44. The standard InChI is InChI=1S/C15H24N2O3/c1-10(2)17(11(3)4)15(18)16-13-9-12(19-5)7-8-14(13)20-6/h7-11H,1-6H3,(H,16,18). The summed E-state index contributed by atoms with van der Waals surface area (Å²) in [4.78, 5) is 14.2. The smallest absolute Gasteiger partial charge is 0.322 e. The number of amides is 2. The lowest BCUT2D eigenvalue weighted by atomic mass is 10.2. The third-order valence-corrected chi connectivity index (χ3v) is 3.00. The molecule has 1 rings (SSSR count). The fourth-order valence-electron chi connectivity index (χ4n) is 2.16. The Hall–Kier alpha value is -1.91. The van der Waals surface area contributed by atoms with Crippen molar-refractivity contribution in [2.75, 3.05) is 19.5 Å². The molecule has 0 bridgehead atoms. The minimum Gasteiger partial charge on any atom is -0.497 e. The van der Waals surface area contributed by atoms with Gasteiger partial charge in [-0.05, 0) is 39.8 Å². The minimum atomic E-state index is -0.151. The highest BCUT2D eigenvalue weighted by Crippen LogP contribution is 2.29. The first kappa shape index (κ1) is 16.1. The topological polar surface area (TPSA) is 50.8 Å². The first-order valence-corrected chi connectivity index (χ1v) is 6.72. The number of urea groups is 1. The van der Waals surface area contributed by atoms with Crippen molar-refractivity contribution in [2.45, 2.75) is 39.8 Å². The van der Waals surface area contributed by atoms with Gasteiger partial charge in [-0.1, -0.05) is 0 Å². The van der Waals surface area contributed by atoms with Crippen LogP contribution in [-0.4, -0.2) is 37.2 Å². The first-order chi connectivity index (χ1) is 9.40. The number of anilines is 1. The maximum atomic E-state index is 12.4. The molecule has 112 valence electrons. The van der Waals surface area contributed by atoms with Crippen LogP contribution in [0.25, 0.3) is 0 Å². The second-order valence-electron chi connectivity index (χ2n) is 5.09. The molecule has 0 heterocycles. The number of nitrogens with one attached hydrogen (secondary N) is 1. The molecule has 2 amide bonds. The average molecular weight is 280 g/mol. The van der Waals surface area contributed by atoms with Crippen molar-refractivity contribution in [3.05, 3.63) is 18.2 Å². The van der Waals surface area contributed by atoms with Crippen molar-refractivity contribution >= 4 is 11.7 Å². The van der Waals surface area contributed by atoms with E-state index in [0.29, 0.717) is 17.2 Å². The predicted octanol–water partition coefficient (Wildman–Crippen LogP) is 3.35. The SMILES string of the molecule is COc1ccc(OC)c(NC(=O)N(C(C)C)C(C)C)c1. The number of rotatable bonds is 5. The van der Waals surface area contributed by atoms with Crippen molar-refractivity contribution in [1.82, 2.24) is 4.90 Å². The molecule has 0 aromatic heterocycles. The van der Waals surface area contributed by atoms with Gasteiger partial charge in [-0.25, -0.2) is 4.79 Å². The van der Waals surface area contributed by atoms with E-state index < -0.39 is 0 Å². The highest BCUT2D eigenvalue weighted by atomic mass is 16.5. The molecule has 1 aromatic carbocycles. The molecule has 0 atom stereocenters. The van der Waals surface area contributed by atoms with Gasteiger partial charge in [0.2, 0.25) is 0 Å². The molecule has 0 aliphatic carbocycles. The van der Waals surface area contributed by atoms with Crippen LogP contribution >= 0.6 is 0 Å². The van der Waals surface area contributed by atoms with Gasteiger partial charge in [-0.3, -0.25) is 0 Å². The van der Waals surface area contributed by atoms with Crippen LogP contribution in [0, 0.1) is 0 Å². The number of carbonyl (C=O) groups is 1. The highest BCUT2D eigenvalue weighted by Gasteiger charge is 2.21. The zero-order valence-electron chi connectivity index (χ0n) is 13.1. The van der Waals surface area contributed by atoms with E-state index in [4.69, 9.17) is 9.47 Å². The van der Waals surface area contributed by atoms with Gasteiger partial charge in [0.25, 0.3) is 0 Å². The number of methoxy groups -OCH3 is 2. The molecular formula is C15H24N2O3. The minimum absolute atomic E-state index is 0.117. The molecule has 0 unspecified atom stereocenters. The van der Waals surface area contributed by atoms with Crippen molar-refractivity contribution < 1.29 is 14.3 Å². The molecular weight excluding hydrogens is 256 g/mol. The summed E-state index contributed by atoms with van der Waals surface area (Å²) in [6.07, 6.45) is 0. The van der Waals surface area contributed by atoms with E-state index >= 15 is 0 Å². The second kappa shape index (κ2) is 7.03. The van der Waals surface area contributed by atoms with Crippen LogP contribution in [0.5, 0.6) is 11.5 Å². The Morgan fingerprint density at radius 2 is 1.70 bits per heavy atom. The second-order valence-corrected chi connectivity index (χ2v) is 5.09. The van der Waals surface area contributed by atoms with Crippen LogP contribution in [0.1, 0.15) is 27.7 Å². The van der Waals surface area contributed by atoms with E-state index in [0.717, 1.165) is 0 Å². The number of benzene rings is 1. The summed E-state index contributed by atoms with van der Waals surface area (Å²) in [6, 6.07) is 5.38. The first-order valence-electron chi connectivity index (χ1n) is 6.72. The third-order valence-electron chi connectivity index (χ3n) is 3.00. The predicted molar refractivity (Wildman–Crippen MR) is 80.7 cm³/mol. The molecule has 0 saturated carbocycles. The average Bonchev–Trinajstić information content (AvgIpc) is 2.37. The summed E-state index contributed by atoms with van der Waals surface area (Å²) < 4.78 is 10.4. The Morgan fingerprint density at radius 3 is 2.15 bits per heavy atom. The quantitative estimate of drug-likeness (QED) is 0.899. The molecule has 20 heavy (non-hydrogen) atoms. The number of hydrogen-bond donors (Lipinski definition) is 1. The van der Waals surface area contributed by atoms with Crippen LogP contribution in [-0.2, 0) is 0 Å². The molecule has 5 heteroatoms. The zero-order chi connectivity index (χ0) is 15.3. The van der Waals surface area contributed by atoms with Crippen molar-refractivity contribution in [3.8, 4) is 11.5 Å². The zero-order valence-corrected chi connectivity index (χ0v) is 13.1. The summed E-state index contributed by atoms with van der Waals surface area (Å²) in [5, 5.41) is 2.88. The van der Waals surface area contributed by atoms with E-state index in [9.17, 15) is 4.79 Å². The number of ether oxygens (including phenoxy) is 2. The van der Waals surface area contributed by atoms with Gasteiger partial charge in [-0.2, -0.15) is 0 Å². The van der Waals surface area contributed by atoms with Crippen molar-refractivity contribution in [2.24, 2.45) is 0 Å². The Kier molecular flexibility index (Phi) is 5.67. The van der Waals surface area contributed by atoms with E-state index in [1.807, 2.05) is 27.7 Å². The summed E-state index contributed by atoms with van der Waals surface area (Å²) in [5.74, 6) is 1.27. The summed E-state index contributed by atoms with van der Waals surface area (Å²) in [6.45, 7) is 7.95. The molecule has 5 nitrogen and oxygen atoms in total. The van der Waals surface area contributed by atoms with Crippen LogP contribution in [0.2, 0.25) is 0 Å². The van der Waals surface area contributed by atoms with Crippen LogP contribution < -0.4 is 14.8 Å². The van der Waals surface area contributed by atoms with E-state index in [2.05, 4.69) is 5.32 Å². The molecule has 0 aliphatic heterocycles. The van der Waals surface area contributed by atoms with Gasteiger partial charge in [0.15, 0.2) is 0 Å². The summed E-state index contributed by atoms with van der Waals surface area (Å²) in [7, 11) is 3.15. The normalized spacial score (nSPS) is 10.6. The van der Waals surface area contributed by atoms with Crippen molar-refractivity contribution in [1.29, 1.82) is 0 Å². The van der Waals surface area contributed by atoms with Crippen LogP contribution in [0.3, 0.4) is 0 Å². The Morgan fingerprint density at radius 1 is 1.10 bits per heavy atom. The Bertz CT molecular complexity index is 450. The van der Waals surface area contributed by atoms with E-state index in [1.54, 1.807) is 37.3 Å². The monoisotopic (exact) mass is 280 g/mol. The van der Waals surface area contributed by atoms with Gasteiger partial charge in [0, 0.05) is 18.2 Å². The third kappa shape index (κ3) is 3.79. The van der Waals surface area contributed by atoms with E-state index in [1.165, 1.54) is 0 Å². The Balaban J connectivity index is 2.99. The van der Waals surface area contributed by atoms with Crippen LogP contribution in [0.4, 0.5) is 10.5 Å². The molecule has 0 aliphatic rings. The lowest BCUT2D eigenvalue weighted by Gasteiger charge is -2.31. The largest absolute Gasteiger partial charge is 0.497 e.